The minimum absolute atomic E-state index is 0.588. The molecule has 0 bridgehead atoms. The van der Waals surface area contributed by atoms with Crippen molar-refractivity contribution in [2.24, 2.45) is 0 Å². The van der Waals surface area contributed by atoms with E-state index >= 15 is 0 Å². The number of pyridine rings is 1. The fourth-order valence-corrected chi connectivity index (χ4v) is 1.86. The second-order valence-electron chi connectivity index (χ2n) is 3.86. The molecule has 0 aliphatic heterocycles. The molecule has 0 unspecified atom stereocenters. The van der Waals surface area contributed by atoms with E-state index in [0.29, 0.717) is 5.82 Å². The quantitative estimate of drug-likeness (QED) is 0.864. The molecule has 3 heteroatoms. The highest BCUT2D eigenvalue weighted by molar-refractivity contribution is 6.30. The molecular formula is C13H13ClN2. The van der Waals surface area contributed by atoms with Gasteiger partial charge in [-0.3, -0.25) is 0 Å². The third-order valence-electron chi connectivity index (χ3n) is 2.42. The summed E-state index contributed by atoms with van der Waals surface area (Å²) in [5.74, 6) is 0.588. The maximum Gasteiger partial charge on any atom is 0.126 e. The average Bonchev–Trinajstić information content (AvgIpc) is 2.24. The normalized spacial score (nSPS) is 10.4. The topological polar surface area (TPSA) is 38.9 Å². The Morgan fingerprint density at radius 2 is 2.12 bits per heavy atom. The second-order valence-corrected chi connectivity index (χ2v) is 4.30. The van der Waals surface area contributed by atoms with E-state index in [1.807, 2.05) is 31.2 Å². The number of aromatic nitrogens is 1. The molecule has 2 nitrogen and oxygen atoms in total. The first kappa shape index (κ1) is 11.0. The van der Waals surface area contributed by atoms with Crippen molar-refractivity contribution < 1.29 is 0 Å². The Balaban J connectivity index is 2.30. The van der Waals surface area contributed by atoms with Crippen LogP contribution in [0.5, 0.6) is 0 Å². The summed E-state index contributed by atoms with van der Waals surface area (Å²) in [6, 6.07) is 9.85. The number of aryl methyl sites for hydroxylation is 1. The minimum Gasteiger partial charge on any atom is -0.383 e. The highest BCUT2D eigenvalue weighted by Crippen LogP contribution is 2.18. The lowest BCUT2D eigenvalue weighted by atomic mass is 10.0. The van der Waals surface area contributed by atoms with Crippen LogP contribution in [0.1, 0.15) is 16.7 Å². The van der Waals surface area contributed by atoms with Gasteiger partial charge < -0.3 is 5.73 Å². The highest BCUT2D eigenvalue weighted by Gasteiger charge is 2.03. The Bertz CT molecular complexity index is 509. The molecule has 16 heavy (non-hydrogen) atoms. The van der Waals surface area contributed by atoms with Gasteiger partial charge in [-0.15, -0.1) is 0 Å². The van der Waals surface area contributed by atoms with Gasteiger partial charge >= 0.3 is 0 Å². The lowest BCUT2D eigenvalue weighted by Crippen LogP contribution is -1.99. The van der Waals surface area contributed by atoms with Crippen LogP contribution >= 0.6 is 11.6 Å². The molecule has 0 saturated carbocycles. The monoisotopic (exact) mass is 232 g/mol. The summed E-state index contributed by atoms with van der Waals surface area (Å²) in [5, 5.41) is 0.747. The number of nitrogen functional groups attached to an aromatic ring is 1. The second kappa shape index (κ2) is 4.54. The Kier molecular flexibility index (Phi) is 3.11. The summed E-state index contributed by atoms with van der Waals surface area (Å²) in [6.45, 7) is 2.01. The van der Waals surface area contributed by atoms with Crippen molar-refractivity contribution in [3.63, 3.8) is 0 Å². The number of nitrogens with zero attached hydrogens (tertiary/aromatic N) is 1. The number of hydrogen-bond donors (Lipinski definition) is 1. The molecule has 2 N–H and O–H groups in total. The van der Waals surface area contributed by atoms with Gasteiger partial charge in [0.2, 0.25) is 0 Å². The van der Waals surface area contributed by atoms with Crippen LogP contribution in [-0.4, -0.2) is 4.98 Å². The third-order valence-corrected chi connectivity index (χ3v) is 2.66. The Labute approximate surface area is 100 Å². The standard InChI is InChI=1S/C13H13ClN2/c1-9-5-11(13(15)16-8-9)6-10-3-2-4-12(14)7-10/h2-5,7-8H,6H2,1H3,(H2,15,16). The molecule has 0 atom stereocenters. The maximum absolute atomic E-state index is 5.94. The van der Waals surface area contributed by atoms with Crippen LogP contribution in [0, 0.1) is 6.92 Å². The molecule has 82 valence electrons. The van der Waals surface area contributed by atoms with Crippen LogP contribution in [-0.2, 0) is 6.42 Å². The van der Waals surface area contributed by atoms with Gasteiger partial charge in [0, 0.05) is 17.6 Å². The number of hydrogen-bond acceptors (Lipinski definition) is 2. The molecule has 0 spiro atoms. The van der Waals surface area contributed by atoms with E-state index in [1.54, 1.807) is 6.20 Å². The predicted molar refractivity (Wildman–Crippen MR) is 67.6 cm³/mol. The smallest absolute Gasteiger partial charge is 0.126 e. The van der Waals surface area contributed by atoms with Crippen molar-refractivity contribution in [3.05, 3.63) is 58.2 Å². The van der Waals surface area contributed by atoms with Crippen molar-refractivity contribution in [1.82, 2.24) is 4.98 Å². The van der Waals surface area contributed by atoms with Crippen LogP contribution < -0.4 is 5.73 Å². The first-order chi connectivity index (χ1) is 7.65. The minimum atomic E-state index is 0.588. The molecule has 1 aromatic carbocycles. The number of halogens is 1. The van der Waals surface area contributed by atoms with E-state index in [9.17, 15) is 0 Å². The lowest BCUT2D eigenvalue weighted by molar-refractivity contribution is 1.14. The number of rotatable bonds is 2. The van der Waals surface area contributed by atoms with E-state index in [1.165, 1.54) is 0 Å². The van der Waals surface area contributed by atoms with Crippen molar-refractivity contribution in [2.45, 2.75) is 13.3 Å². The van der Waals surface area contributed by atoms with Gasteiger partial charge in [-0.2, -0.15) is 0 Å². The van der Waals surface area contributed by atoms with Gasteiger partial charge in [0.1, 0.15) is 5.82 Å². The molecule has 0 fully saturated rings. The predicted octanol–water partition coefficient (Wildman–Crippen LogP) is 3.22. The zero-order valence-electron chi connectivity index (χ0n) is 9.07. The average molecular weight is 233 g/mol. The van der Waals surface area contributed by atoms with Crippen molar-refractivity contribution >= 4 is 17.4 Å². The van der Waals surface area contributed by atoms with Gasteiger partial charge in [-0.05, 0) is 35.7 Å². The molecule has 0 radical (unpaired) electrons. The van der Waals surface area contributed by atoms with Crippen LogP contribution in [0.3, 0.4) is 0 Å². The zero-order valence-corrected chi connectivity index (χ0v) is 9.83. The van der Waals surface area contributed by atoms with Crippen LogP contribution in [0.2, 0.25) is 5.02 Å². The van der Waals surface area contributed by atoms with Gasteiger partial charge in [0.25, 0.3) is 0 Å². The molecule has 0 aliphatic rings. The molecule has 1 aromatic heterocycles. The maximum atomic E-state index is 5.94. The summed E-state index contributed by atoms with van der Waals surface area (Å²) in [5.41, 5.74) is 9.14. The lowest BCUT2D eigenvalue weighted by Gasteiger charge is -2.06. The molecule has 1 heterocycles. The summed E-state index contributed by atoms with van der Waals surface area (Å²) >= 11 is 5.94. The third kappa shape index (κ3) is 2.52. The van der Waals surface area contributed by atoms with Crippen LogP contribution in [0.15, 0.2) is 36.5 Å². The van der Waals surface area contributed by atoms with Gasteiger partial charge in [-0.1, -0.05) is 29.8 Å². The molecule has 2 aromatic rings. The van der Waals surface area contributed by atoms with E-state index in [4.69, 9.17) is 17.3 Å². The van der Waals surface area contributed by atoms with Crippen molar-refractivity contribution in [2.75, 3.05) is 5.73 Å². The van der Waals surface area contributed by atoms with Gasteiger partial charge in [0.15, 0.2) is 0 Å². The highest BCUT2D eigenvalue weighted by atomic mass is 35.5. The van der Waals surface area contributed by atoms with E-state index in [-0.39, 0.29) is 0 Å². The fraction of sp³-hybridized carbons (Fsp3) is 0.154. The summed E-state index contributed by atoms with van der Waals surface area (Å²) in [6.07, 6.45) is 2.54. The van der Waals surface area contributed by atoms with Gasteiger partial charge in [-0.25, -0.2) is 4.98 Å². The molecule has 0 aliphatic carbocycles. The van der Waals surface area contributed by atoms with Crippen molar-refractivity contribution in [3.8, 4) is 0 Å². The SMILES string of the molecule is Cc1cnc(N)c(Cc2cccc(Cl)c2)c1. The summed E-state index contributed by atoms with van der Waals surface area (Å²) in [4.78, 5) is 4.14. The largest absolute Gasteiger partial charge is 0.383 e. The number of anilines is 1. The molecular weight excluding hydrogens is 220 g/mol. The molecule has 2 rings (SSSR count). The summed E-state index contributed by atoms with van der Waals surface area (Å²) < 4.78 is 0. The van der Waals surface area contributed by atoms with Crippen LogP contribution in [0.25, 0.3) is 0 Å². The first-order valence-electron chi connectivity index (χ1n) is 5.10. The molecule has 0 amide bonds. The van der Waals surface area contributed by atoms with E-state index in [2.05, 4.69) is 11.1 Å². The first-order valence-corrected chi connectivity index (χ1v) is 5.48. The summed E-state index contributed by atoms with van der Waals surface area (Å²) in [7, 11) is 0. The Morgan fingerprint density at radius 1 is 1.31 bits per heavy atom. The molecule has 0 saturated heterocycles. The number of nitrogens with two attached hydrogens (primary N) is 1. The number of benzene rings is 1. The van der Waals surface area contributed by atoms with Crippen molar-refractivity contribution in [1.29, 1.82) is 0 Å². The van der Waals surface area contributed by atoms with Crippen LogP contribution in [0.4, 0.5) is 5.82 Å². The van der Waals surface area contributed by atoms with Gasteiger partial charge in [0.05, 0.1) is 0 Å². The van der Waals surface area contributed by atoms with E-state index < -0.39 is 0 Å². The Hall–Kier alpha value is -1.54. The Morgan fingerprint density at radius 3 is 2.88 bits per heavy atom. The zero-order chi connectivity index (χ0) is 11.5. The fourth-order valence-electron chi connectivity index (χ4n) is 1.65. The van der Waals surface area contributed by atoms with E-state index in [0.717, 1.165) is 28.1 Å².